The minimum Gasteiger partial charge on any atom is -0.324 e. The molecule has 29 heavy (non-hydrogen) atoms. The van der Waals surface area contributed by atoms with Crippen LogP contribution in [0.2, 0.25) is 0 Å². The topological polar surface area (TPSA) is 29.5 Å². The van der Waals surface area contributed by atoms with Crippen molar-refractivity contribution in [1.82, 2.24) is 4.90 Å². The largest absolute Gasteiger partial charge is 0.324 e. The molecule has 0 heterocycles. The molecule has 4 heteroatoms. The summed E-state index contributed by atoms with van der Waals surface area (Å²) in [6.07, 6.45) is 11.2. The third kappa shape index (κ3) is 6.68. The van der Waals surface area contributed by atoms with Gasteiger partial charge in [0.2, 0.25) is 7.37 Å². The van der Waals surface area contributed by atoms with E-state index in [0.29, 0.717) is 36.2 Å². The molecule has 2 aliphatic carbocycles. The molecule has 0 radical (unpaired) electrons. The second-order valence-electron chi connectivity index (χ2n) is 10.1. The number of benzene rings is 1. The molecule has 1 aromatic rings. The van der Waals surface area contributed by atoms with Crippen LogP contribution in [0, 0.1) is 17.8 Å². The van der Waals surface area contributed by atoms with Crippen LogP contribution in [0.25, 0.3) is 0 Å². The monoisotopic (exact) mass is 419 g/mol. The van der Waals surface area contributed by atoms with Crippen molar-refractivity contribution in [2.45, 2.75) is 90.4 Å². The van der Waals surface area contributed by atoms with Crippen LogP contribution in [0.15, 0.2) is 30.3 Å². The highest BCUT2D eigenvalue weighted by Gasteiger charge is 2.38. The molecule has 3 nitrogen and oxygen atoms in total. The van der Waals surface area contributed by atoms with Gasteiger partial charge in [-0.3, -0.25) is 9.46 Å². The lowest BCUT2D eigenvalue weighted by Crippen LogP contribution is -2.37. The molecular formula is C25H42NO2P. The van der Waals surface area contributed by atoms with E-state index in [1.54, 1.807) is 0 Å². The Morgan fingerprint density at radius 1 is 1.07 bits per heavy atom. The summed E-state index contributed by atoms with van der Waals surface area (Å²) in [5.41, 5.74) is 1.14. The molecule has 0 amide bonds. The Kier molecular flexibility index (Phi) is 8.42. The molecular weight excluding hydrogens is 377 g/mol. The lowest BCUT2D eigenvalue weighted by Gasteiger charge is -2.40. The highest BCUT2D eigenvalue weighted by atomic mass is 31.2. The standard InChI is InChI=1S/C25H42NO2P/c1-20(2)24-16-15-21(3)17-25(24)28-29(27,18-22-11-7-5-8-12-22)19-26(4)23-13-9-6-10-14-23/h5,7-8,11-12,20-21,23-25H,6,9-10,13-19H2,1-4H3. The Bertz CT molecular complexity index is 656. The van der Waals surface area contributed by atoms with Crippen molar-refractivity contribution in [3.8, 4) is 0 Å². The van der Waals surface area contributed by atoms with E-state index in [-0.39, 0.29) is 6.10 Å². The van der Waals surface area contributed by atoms with E-state index in [4.69, 9.17) is 4.52 Å². The first-order chi connectivity index (χ1) is 13.9. The molecule has 4 unspecified atom stereocenters. The number of hydrogen-bond acceptors (Lipinski definition) is 3. The highest BCUT2D eigenvalue weighted by Crippen LogP contribution is 2.55. The smallest absolute Gasteiger partial charge is 0.221 e. The van der Waals surface area contributed by atoms with E-state index < -0.39 is 7.37 Å². The van der Waals surface area contributed by atoms with Crippen molar-refractivity contribution in [2.75, 3.05) is 13.3 Å². The highest BCUT2D eigenvalue weighted by molar-refractivity contribution is 7.58. The molecule has 2 saturated carbocycles. The van der Waals surface area contributed by atoms with Crippen LogP contribution in [0.5, 0.6) is 0 Å². The van der Waals surface area contributed by atoms with E-state index in [1.807, 2.05) is 18.2 Å². The van der Waals surface area contributed by atoms with Crippen LogP contribution in [0.4, 0.5) is 0 Å². The van der Waals surface area contributed by atoms with Crippen molar-refractivity contribution in [2.24, 2.45) is 17.8 Å². The molecule has 4 atom stereocenters. The Hall–Kier alpha value is -0.630. The van der Waals surface area contributed by atoms with Gasteiger partial charge in [-0.2, -0.15) is 0 Å². The SMILES string of the molecule is CC1CCC(C(C)C)C(OP(=O)(Cc2ccccc2)CN(C)C2CCCCC2)C1. The zero-order chi connectivity index (χ0) is 20.9. The average molecular weight is 420 g/mol. The zero-order valence-corrected chi connectivity index (χ0v) is 19.9. The van der Waals surface area contributed by atoms with Crippen LogP contribution in [0.3, 0.4) is 0 Å². The van der Waals surface area contributed by atoms with E-state index in [0.717, 1.165) is 12.0 Å². The summed E-state index contributed by atoms with van der Waals surface area (Å²) in [5.74, 6) is 1.76. The maximum absolute atomic E-state index is 14.3. The van der Waals surface area contributed by atoms with Crippen molar-refractivity contribution in [3.05, 3.63) is 35.9 Å². The molecule has 0 aromatic heterocycles. The van der Waals surface area contributed by atoms with Crippen molar-refractivity contribution in [3.63, 3.8) is 0 Å². The third-order valence-electron chi connectivity index (χ3n) is 7.19. The van der Waals surface area contributed by atoms with Crippen LogP contribution in [0.1, 0.15) is 77.7 Å². The Morgan fingerprint density at radius 3 is 2.41 bits per heavy atom. The van der Waals surface area contributed by atoms with Gasteiger partial charge in [0.25, 0.3) is 0 Å². The van der Waals surface area contributed by atoms with Gasteiger partial charge in [0.1, 0.15) is 0 Å². The second kappa shape index (κ2) is 10.6. The summed E-state index contributed by atoms with van der Waals surface area (Å²) < 4.78 is 21.0. The summed E-state index contributed by atoms with van der Waals surface area (Å²) in [5, 5.41) is 0. The molecule has 3 rings (SSSR count). The van der Waals surface area contributed by atoms with E-state index >= 15 is 0 Å². The van der Waals surface area contributed by atoms with Gasteiger partial charge in [0, 0.05) is 6.04 Å². The molecule has 1 aromatic carbocycles. The summed E-state index contributed by atoms with van der Waals surface area (Å²) in [4.78, 5) is 2.36. The van der Waals surface area contributed by atoms with Crippen molar-refractivity contribution in [1.29, 1.82) is 0 Å². The first kappa shape index (κ1) is 23.0. The third-order valence-corrected chi connectivity index (χ3v) is 9.57. The summed E-state index contributed by atoms with van der Waals surface area (Å²) in [6, 6.07) is 10.9. The summed E-state index contributed by atoms with van der Waals surface area (Å²) in [7, 11) is -0.643. The lowest BCUT2D eigenvalue weighted by atomic mass is 9.75. The molecule has 0 bridgehead atoms. The van der Waals surface area contributed by atoms with Crippen LogP contribution in [-0.4, -0.2) is 30.4 Å². The molecule has 0 saturated heterocycles. The average Bonchev–Trinajstić information content (AvgIpc) is 2.69. The maximum Gasteiger partial charge on any atom is 0.221 e. The van der Waals surface area contributed by atoms with Crippen LogP contribution in [-0.2, 0) is 15.3 Å². The lowest BCUT2D eigenvalue weighted by molar-refractivity contribution is 0.0453. The molecule has 0 spiro atoms. The van der Waals surface area contributed by atoms with Gasteiger partial charge in [-0.15, -0.1) is 0 Å². The van der Waals surface area contributed by atoms with Gasteiger partial charge in [0.15, 0.2) is 0 Å². The first-order valence-electron chi connectivity index (χ1n) is 11.9. The van der Waals surface area contributed by atoms with E-state index in [9.17, 15) is 4.57 Å². The number of nitrogens with zero attached hydrogens (tertiary/aromatic N) is 1. The summed E-state index contributed by atoms with van der Waals surface area (Å²) in [6.45, 7) is 6.92. The second-order valence-corrected chi connectivity index (χ2v) is 12.6. The number of hydrogen-bond donors (Lipinski definition) is 0. The predicted molar refractivity (Wildman–Crippen MR) is 123 cm³/mol. The van der Waals surface area contributed by atoms with Crippen molar-refractivity contribution >= 4 is 7.37 Å². The molecule has 2 aliphatic rings. The zero-order valence-electron chi connectivity index (χ0n) is 19.1. The van der Waals surface area contributed by atoms with Crippen LogP contribution < -0.4 is 0 Å². The molecule has 0 aliphatic heterocycles. The fraction of sp³-hybridized carbons (Fsp3) is 0.760. The molecule has 164 valence electrons. The minimum absolute atomic E-state index is 0.132. The fourth-order valence-electron chi connectivity index (χ4n) is 5.44. The fourth-order valence-corrected chi connectivity index (χ4v) is 8.10. The quantitative estimate of drug-likeness (QED) is 0.419. The van der Waals surface area contributed by atoms with Gasteiger partial charge in [-0.25, -0.2) is 0 Å². The van der Waals surface area contributed by atoms with Gasteiger partial charge >= 0.3 is 0 Å². The Balaban J connectivity index is 1.78. The van der Waals surface area contributed by atoms with Gasteiger partial charge in [-0.05, 0) is 56.0 Å². The molecule has 0 N–H and O–H groups in total. The maximum atomic E-state index is 14.3. The number of rotatable bonds is 8. The van der Waals surface area contributed by atoms with E-state index in [2.05, 4.69) is 44.9 Å². The van der Waals surface area contributed by atoms with Gasteiger partial charge in [-0.1, -0.05) is 76.8 Å². The first-order valence-corrected chi connectivity index (χ1v) is 13.9. The van der Waals surface area contributed by atoms with Crippen LogP contribution >= 0.6 is 7.37 Å². The molecule has 2 fully saturated rings. The van der Waals surface area contributed by atoms with Gasteiger partial charge in [0.05, 0.1) is 18.6 Å². The normalized spacial score (nSPS) is 28.6. The Morgan fingerprint density at radius 2 is 1.76 bits per heavy atom. The predicted octanol–water partition coefficient (Wildman–Crippen LogP) is 7.16. The Labute approximate surface area is 179 Å². The summed E-state index contributed by atoms with van der Waals surface area (Å²) >= 11 is 0. The minimum atomic E-state index is -2.81. The van der Waals surface area contributed by atoms with Gasteiger partial charge < -0.3 is 4.52 Å². The van der Waals surface area contributed by atoms with Crippen molar-refractivity contribution < 1.29 is 9.09 Å². The van der Waals surface area contributed by atoms with E-state index in [1.165, 1.54) is 44.9 Å².